The van der Waals surface area contributed by atoms with Crippen molar-refractivity contribution >= 4 is 24.2 Å². The molecule has 4 aliphatic rings. The summed E-state index contributed by atoms with van der Waals surface area (Å²) in [6.07, 6.45) is 9.81. The topological polar surface area (TPSA) is 84.7 Å². The van der Waals surface area contributed by atoms with Crippen molar-refractivity contribution < 1.29 is 14.3 Å². The summed E-state index contributed by atoms with van der Waals surface area (Å²) in [4.78, 5) is 28.2. The SMILES string of the molecule is Cl.NC1CC2CCCC(C1)C2NC(=O)C1(CC(=O)N2CCOCC2)CCCC1. The van der Waals surface area contributed by atoms with E-state index in [1.165, 1.54) is 19.3 Å². The highest BCUT2D eigenvalue weighted by molar-refractivity contribution is 5.89. The minimum atomic E-state index is -0.497. The van der Waals surface area contributed by atoms with E-state index in [0.29, 0.717) is 44.6 Å². The van der Waals surface area contributed by atoms with Gasteiger partial charge in [-0.3, -0.25) is 9.59 Å². The number of nitrogens with zero attached hydrogens (tertiary/aromatic N) is 1. The second-order valence-electron chi connectivity index (χ2n) is 9.34. The van der Waals surface area contributed by atoms with Crippen LogP contribution in [0.25, 0.3) is 0 Å². The molecule has 3 saturated carbocycles. The standard InChI is InChI=1S/C21H35N3O3.ClH/c22-17-12-15-4-3-5-16(13-17)19(15)23-20(26)21(6-1-2-7-21)14-18(25)24-8-10-27-11-9-24;/h15-17,19H,1-14,22H2,(H,23,26);1H. The number of hydrogen-bond acceptors (Lipinski definition) is 4. The molecule has 0 aromatic rings. The molecule has 4 fully saturated rings. The van der Waals surface area contributed by atoms with E-state index in [9.17, 15) is 9.59 Å². The van der Waals surface area contributed by atoms with Gasteiger partial charge in [-0.25, -0.2) is 0 Å². The van der Waals surface area contributed by atoms with E-state index in [-0.39, 0.29) is 36.3 Å². The molecule has 0 aromatic heterocycles. The third-order valence-corrected chi connectivity index (χ3v) is 7.57. The molecule has 1 aliphatic heterocycles. The van der Waals surface area contributed by atoms with Crippen LogP contribution in [0.2, 0.25) is 0 Å². The Morgan fingerprint density at radius 1 is 1.04 bits per heavy atom. The quantitative estimate of drug-likeness (QED) is 0.740. The number of carbonyl (C=O) groups is 2. The average Bonchev–Trinajstić information content (AvgIpc) is 3.13. The molecule has 2 atom stereocenters. The van der Waals surface area contributed by atoms with Crippen molar-refractivity contribution in [2.24, 2.45) is 23.0 Å². The van der Waals surface area contributed by atoms with Crippen molar-refractivity contribution in [1.82, 2.24) is 10.2 Å². The van der Waals surface area contributed by atoms with Crippen molar-refractivity contribution in [2.75, 3.05) is 26.3 Å². The molecule has 3 N–H and O–H groups in total. The fraction of sp³-hybridized carbons (Fsp3) is 0.905. The van der Waals surface area contributed by atoms with Gasteiger partial charge in [0.1, 0.15) is 0 Å². The lowest BCUT2D eigenvalue weighted by molar-refractivity contribution is -0.144. The van der Waals surface area contributed by atoms with Gasteiger partial charge >= 0.3 is 0 Å². The molecule has 2 unspecified atom stereocenters. The first kappa shape index (κ1) is 21.8. The maximum Gasteiger partial charge on any atom is 0.226 e. The molecule has 0 spiro atoms. The van der Waals surface area contributed by atoms with E-state index in [0.717, 1.165) is 38.5 Å². The Balaban J connectivity index is 0.00000225. The van der Waals surface area contributed by atoms with Crippen LogP contribution in [-0.4, -0.2) is 55.1 Å². The number of halogens is 1. The predicted molar refractivity (Wildman–Crippen MR) is 110 cm³/mol. The second kappa shape index (κ2) is 9.31. The Morgan fingerprint density at radius 2 is 1.64 bits per heavy atom. The Morgan fingerprint density at radius 3 is 2.25 bits per heavy atom. The van der Waals surface area contributed by atoms with E-state index < -0.39 is 5.41 Å². The van der Waals surface area contributed by atoms with Crippen molar-refractivity contribution in [3.05, 3.63) is 0 Å². The number of amides is 2. The van der Waals surface area contributed by atoms with Crippen LogP contribution in [0.4, 0.5) is 0 Å². The normalized spacial score (nSPS) is 34.4. The maximum atomic E-state index is 13.4. The zero-order valence-corrected chi connectivity index (χ0v) is 17.7. The van der Waals surface area contributed by atoms with E-state index in [4.69, 9.17) is 10.5 Å². The van der Waals surface area contributed by atoms with Crippen molar-refractivity contribution in [3.8, 4) is 0 Å². The molecule has 4 rings (SSSR count). The summed E-state index contributed by atoms with van der Waals surface area (Å²) >= 11 is 0. The lowest BCUT2D eigenvalue weighted by Gasteiger charge is -2.46. The van der Waals surface area contributed by atoms with Crippen LogP contribution < -0.4 is 11.1 Å². The Bertz CT molecular complexity index is 547. The summed E-state index contributed by atoms with van der Waals surface area (Å²) in [5.74, 6) is 1.30. The Kier molecular flexibility index (Phi) is 7.26. The van der Waals surface area contributed by atoms with Gasteiger partial charge in [0.25, 0.3) is 0 Å². The highest BCUT2D eigenvalue weighted by Gasteiger charge is 2.47. The van der Waals surface area contributed by atoms with Gasteiger partial charge in [-0.2, -0.15) is 0 Å². The largest absolute Gasteiger partial charge is 0.378 e. The first-order valence-electron chi connectivity index (χ1n) is 11.0. The fourth-order valence-corrected chi connectivity index (χ4v) is 6.08. The lowest BCUT2D eigenvalue weighted by atomic mass is 9.66. The summed E-state index contributed by atoms with van der Waals surface area (Å²) < 4.78 is 5.36. The smallest absolute Gasteiger partial charge is 0.226 e. The van der Waals surface area contributed by atoms with Gasteiger partial charge < -0.3 is 20.7 Å². The molecule has 2 amide bonds. The number of fused-ring (bicyclic) bond motifs is 2. The van der Waals surface area contributed by atoms with E-state index >= 15 is 0 Å². The van der Waals surface area contributed by atoms with Gasteiger partial charge in [0.2, 0.25) is 11.8 Å². The molecular formula is C21H36ClN3O3. The predicted octanol–water partition coefficient (Wildman–Crippen LogP) is 2.24. The van der Waals surface area contributed by atoms with E-state index in [1.54, 1.807) is 0 Å². The molecule has 160 valence electrons. The minimum absolute atomic E-state index is 0. The maximum absolute atomic E-state index is 13.4. The van der Waals surface area contributed by atoms with Gasteiger partial charge in [-0.05, 0) is 50.4 Å². The van der Waals surface area contributed by atoms with Gasteiger partial charge in [-0.15, -0.1) is 12.4 Å². The number of nitrogens with one attached hydrogen (secondary N) is 1. The third kappa shape index (κ3) is 4.49. The van der Waals surface area contributed by atoms with Crippen LogP contribution in [0, 0.1) is 17.3 Å². The summed E-state index contributed by atoms with van der Waals surface area (Å²) in [6.45, 7) is 2.52. The molecule has 7 heteroatoms. The fourth-order valence-electron chi connectivity index (χ4n) is 6.08. The zero-order chi connectivity index (χ0) is 18.9. The number of carbonyl (C=O) groups excluding carboxylic acids is 2. The second-order valence-corrected chi connectivity index (χ2v) is 9.34. The van der Waals surface area contributed by atoms with E-state index in [1.807, 2.05) is 4.90 Å². The average molecular weight is 414 g/mol. The molecule has 3 aliphatic carbocycles. The van der Waals surface area contributed by atoms with Crippen molar-refractivity contribution in [2.45, 2.75) is 76.3 Å². The molecule has 1 saturated heterocycles. The van der Waals surface area contributed by atoms with Crippen LogP contribution >= 0.6 is 12.4 Å². The molecule has 1 heterocycles. The summed E-state index contributed by atoms with van der Waals surface area (Å²) in [6, 6.07) is 0.554. The number of nitrogens with two attached hydrogens (primary N) is 1. The van der Waals surface area contributed by atoms with Crippen LogP contribution in [0.1, 0.15) is 64.2 Å². The van der Waals surface area contributed by atoms with Crippen LogP contribution in [0.15, 0.2) is 0 Å². The molecule has 0 aromatic carbocycles. The van der Waals surface area contributed by atoms with Crippen LogP contribution in [0.5, 0.6) is 0 Å². The summed E-state index contributed by atoms with van der Waals surface area (Å²) in [5.41, 5.74) is 5.74. The number of ether oxygens (including phenoxy) is 1. The molecule has 6 nitrogen and oxygen atoms in total. The minimum Gasteiger partial charge on any atom is -0.378 e. The van der Waals surface area contributed by atoms with Gasteiger partial charge in [-0.1, -0.05) is 19.3 Å². The number of hydrogen-bond donors (Lipinski definition) is 2. The van der Waals surface area contributed by atoms with Crippen molar-refractivity contribution in [3.63, 3.8) is 0 Å². The molecular weight excluding hydrogens is 378 g/mol. The highest BCUT2D eigenvalue weighted by Crippen LogP contribution is 2.44. The zero-order valence-electron chi connectivity index (χ0n) is 16.9. The highest BCUT2D eigenvalue weighted by atomic mass is 35.5. The molecule has 28 heavy (non-hydrogen) atoms. The van der Waals surface area contributed by atoms with Crippen molar-refractivity contribution in [1.29, 1.82) is 0 Å². The summed E-state index contributed by atoms with van der Waals surface area (Å²) in [7, 11) is 0. The summed E-state index contributed by atoms with van der Waals surface area (Å²) in [5, 5.41) is 3.44. The first-order chi connectivity index (χ1) is 13.1. The molecule has 0 radical (unpaired) electrons. The number of morpholine rings is 1. The lowest BCUT2D eigenvalue weighted by Crippen LogP contribution is -2.57. The van der Waals surface area contributed by atoms with Crippen LogP contribution in [-0.2, 0) is 14.3 Å². The number of rotatable bonds is 4. The van der Waals surface area contributed by atoms with Crippen LogP contribution in [0.3, 0.4) is 0 Å². The molecule has 2 bridgehead atoms. The third-order valence-electron chi connectivity index (χ3n) is 7.57. The monoisotopic (exact) mass is 413 g/mol. The van der Waals surface area contributed by atoms with Gasteiger partial charge in [0.05, 0.1) is 18.6 Å². The van der Waals surface area contributed by atoms with Gasteiger partial charge in [0.15, 0.2) is 0 Å². The van der Waals surface area contributed by atoms with Gasteiger partial charge in [0, 0.05) is 31.6 Å². The Hall–Kier alpha value is -0.850. The first-order valence-corrected chi connectivity index (χ1v) is 11.0. The Labute approximate surface area is 174 Å². The van der Waals surface area contributed by atoms with E-state index in [2.05, 4.69) is 5.32 Å².